The van der Waals surface area contributed by atoms with Crippen molar-refractivity contribution in [1.29, 1.82) is 0 Å². The summed E-state index contributed by atoms with van der Waals surface area (Å²) in [6.07, 6.45) is 9.52. The molecule has 0 spiro atoms. The molecule has 2 aliphatic heterocycles. The number of hydrogen-bond donors (Lipinski definition) is 2. The number of β-amino-alcohol motifs (C(OH)–C–C–N with tert-alkyl or cyclic N) is 2. The highest BCUT2D eigenvalue weighted by atomic mass is 16.3. The van der Waals surface area contributed by atoms with Gasteiger partial charge in [0.2, 0.25) is 0 Å². The maximum Gasteiger partial charge on any atom is 0.0558 e. The molecule has 0 aromatic carbocycles. The topological polar surface area (TPSA) is 46.9 Å². The Kier molecular flexibility index (Phi) is 8.01. The van der Waals surface area contributed by atoms with Crippen LogP contribution in [0.2, 0.25) is 0 Å². The molecule has 0 unspecified atom stereocenters. The second-order valence-corrected chi connectivity index (χ2v) is 6.95. The molecule has 2 rings (SSSR count). The van der Waals surface area contributed by atoms with E-state index < -0.39 is 0 Å². The maximum absolute atomic E-state index is 8.96. The van der Waals surface area contributed by atoms with Gasteiger partial charge in [-0.25, -0.2) is 0 Å². The van der Waals surface area contributed by atoms with Crippen LogP contribution in [0.1, 0.15) is 44.9 Å². The Morgan fingerprint density at radius 1 is 0.667 bits per heavy atom. The predicted molar refractivity (Wildman–Crippen MR) is 86.4 cm³/mol. The van der Waals surface area contributed by atoms with Crippen molar-refractivity contribution in [2.75, 3.05) is 52.5 Å². The molecule has 2 saturated heterocycles. The van der Waals surface area contributed by atoms with Crippen LogP contribution in [-0.2, 0) is 0 Å². The van der Waals surface area contributed by atoms with Crippen LogP contribution < -0.4 is 0 Å². The van der Waals surface area contributed by atoms with Crippen molar-refractivity contribution in [3.8, 4) is 0 Å². The fraction of sp³-hybridized carbons (Fsp3) is 1.00. The summed E-state index contributed by atoms with van der Waals surface area (Å²) in [5.74, 6) is 1.85. The first-order valence-electron chi connectivity index (χ1n) is 8.98. The molecule has 0 saturated carbocycles. The van der Waals surface area contributed by atoms with Crippen LogP contribution in [0.5, 0.6) is 0 Å². The van der Waals surface area contributed by atoms with Gasteiger partial charge in [-0.05, 0) is 63.7 Å². The zero-order chi connectivity index (χ0) is 14.9. The highest BCUT2D eigenvalue weighted by Crippen LogP contribution is 2.27. The Balaban J connectivity index is 1.51. The van der Waals surface area contributed by atoms with Gasteiger partial charge in [-0.1, -0.05) is 19.3 Å². The van der Waals surface area contributed by atoms with Crippen LogP contribution in [0.3, 0.4) is 0 Å². The summed E-state index contributed by atoms with van der Waals surface area (Å²) < 4.78 is 0. The molecule has 124 valence electrons. The van der Waals surface area contributed by atoms with E-state index in [0.29, 0.717) is 13.2 Å². The number of aliphatic hydroxyl groups excluding tert-OH is 2. The standard InChI is InChI=1S/C17H34N2O2/c20-14-12-18-8-4-16(5-9-18)2-1-3-17-6-10-19(11-7-17)13-15-21/h16-17,20-21H,1-15H2. The van der Waals surface area contributed by atoms with Gasteiger partial charge in [-0.2, -0.15) is 0 Å². The van der Waals surface area contributed by atoms with E-state index in [1.54, 1.807) is 0 Å². The lowest BCUT2D eigenvalue weighted by Crippen LogP contribution is -2.36. The second kappa shape index (κ2) is 9.78. The minimum absolute atomic E-state index is 0.305. The van der Waals surface area contributed by atoms with Gasteiger partial charge in [0.05, 0.1) is 13.2 Å². The highest BCUT2D eigenvalue weighted by Gasteiger charge is 2.21. The van der Waals surface area contributed by atoms with E-state index in [2.05, 4.69) is 9.80 Å². The molecular weight excluding hydrogens is 264 g/mol. The van der Waals surface area contributed by atoms with Crippen LogP contribution in [0.4, 0.5) is 0 Å². The van der Waals surface area contributed by atoms with Gasteiger partial charge in [-0.3, -0.25) is 0 Å². The second-order valence-electron chi connectivity index (χ2n) is 6.95. The van der Waals surface area contributed by atoms with Gasteiger partial charge >= 0.3 is 0 Å². The number of rotatable bonds is 8. The monoisotopic (exact) mass is 298 g/mol. The van der Waals surface area contributed by atoms with Crippen molar-refractivity contribution in [3.05, 3.63) is 0 Å². The molecule has 0 amide bonds. The molecular formula is C17H34N2O2. The fourth-order valence-electron chi connectivity index (χ4n) is 3.98. The lowest BCUT2D eigenvalue weighted by molar-refractivity contribution is 0.134. The predicted octanol–water partition coefficient (Wildman–Crippen LogP) is 1.57. The summed E-state index contributed by atoms with van der Waals surface area (Å²) in [7, 11) is 0. The van der Waals surface area contributed by atoms with Crippen molar-refractivity contribution in [1.82, 2.24) is 9.80 Å². The molecule has 2 N–H and O–H groups in total. The highest BCUT2D eigenvalue weighted by molar-refractivity contribution is 4.75. The maximum atomic E-state index is 8.96. The van der Waals surface area contributed by atoms with Crippen LogP contribution in [0.15, 0.2) is 0 Å². The summed E-state index contributed by atoms with van der Waals surface area (Å²) in [6.45, 7) is 7.07. The summed E-state index contributed by atoms with van der Waals surface area (Å²) in [4.78, 5) is 4.79. The Morgan fingerprint density at radius 2 is 1.05 bits per heavy atom. The zero-order valence-corrected chi connectivity index (χ0v) is 13.6. The van der Waals surface area contributed by atoms with E-state index in [1.807, 2.05) is 0 Å². The molecule has 2 heterocycles. The average Bonchev–Trinajstić information content (AvgIpc) is 2.51. The van der Waals surface area contributed by atoms with Crippen molar-refractivity contribution >= 4 is 0 Å². The minimum Gasteiger partial charge on any atom is -0.395 e. The van der Waals surface area contributed by atoms with Crippen LogP contribution in [0, 0.1) is 11.8 Å². The number of hydrogen-bond acceptors (Lipinski definition) is 4. The van der Waals surface area contributed by atoms with E-state index in [1.165, 1.54) is 71.1 Å². The van der Waals surface area contributed by atoms with E-state index in [0.717, 1.165) is 24.9 Å². The largest absolute Gasteiger partial charge is 0.395 e. The molecule has 2 aliphatic rings. The average molecular weight is 298 g/mol. The van der Waals surface area contributed by atoms with Crippen molar-refractivity contribution in [3.63, 3.8) is 0 Å². The molecule has 21 heavy (non-hydrogen) atoms. The summed E-state index contributed by atoms with van der Waals surface area (Å²) >= 11 is 0. The van der Waals surface area contributed by atoms with Gasteiger partial charge < -0.3 is 20.0 Å². The van der Waals surface area contributed by atoms with Crippen LogP contribution >= 0.6 is 0 Å². The first kappa shape index (κ1) is 17.2. The third-order valence-electron chi connectivity index (χ3n) is 5.47. The first-order valence-corrected chi connectivity index (χ1v) is 8.98. The van der Waals surface area contributed by atoms with Gasteiger partial charge in [-0.15, -0.1) is 0 Å². The SMILES string of the molecule is OCCN1CCC(CCCC2CCN(CCO)CC2)CC1. The summed E-state index contributed by atoms with van der Waals surface area (Å²) in [6, 6.07) is 0. The molecule has 0 radical (unpaired) electrons. The number of nitrogens with zero attached hydrogens (tertiary/aromatic N) is 2. The van der Waals surface area contributed by atoms with Gasteiger partial charge in [0.15, 0.2) is 0 Å². The Labute approximate surface area is 130 Å². The van der Waals surface area contributed by atoms with Crippen molar-refractivity contribution in [2.24, 2.45) is 11.8 Å². The lowest BCUT2D eigenvalue weighted by Gasteiger charge is -2.33. The summed E-state index contributed by atoms with van der Waals surface area (Å²) in [5, 5.41) is 17.9. The number of likely N-dealkylation sites (tertiary alicyclic amines) is 2. The Bertz CT molecular complexity index is 234. The Morgan fingerprint density at radius 3 is 1.38 bits per heavy atom. The third kappa shape index (κ3) is 6.23. The number of aliphatic hydroxyl groups is 2. The molecule has 0 atom stereocenters. The molecule has 0 bridgehead atoms. The van der Waals surface area contributed by atoms with Crippen molar-refractivity contribution < 1.29 is 10.2 Å². The van der Waals surface area contributed by atoms with E-state index in [-0.39, 0.29) is 0 Å². The minimum atomic E-state index is 0.305. The lowest BCUT2D eigenvalue weighted by atomic mass is 9.87. The smallest absolute Gasteiger partial charge is 0.0558 e. The molecule has 0 aromatic heterocycles. The van der Waals surface area contributed by atoms with Gasteiger partial charge in [0.1, 0.15) is 0 Å². The Hall–Kier alpha value is -0.160. The number of piperidine rings is 2. The third-order valence-corrected chi connectivity index (χ3v) is 5.47. The van der Waals surface area contributed by atoms with Crippen molar-refractivity contribution in [2.45, 2.75) is 44.9 Å². The fourth-order valence-corrected chi connectivity index (χ4v) is 3.98. The summed E-state index contributed by atoms with van der Waals surface area (Å²) in [5.41, 5.74) is 0. The molecule has 4 heteroatoms. The van der Waals surface area contributed by atoms with E-state index in [9.17, 15) is 0 Å². The zero-order valence-electron chi connectivity index (χ0n) is 13.6. The quantitative estimate of drug-likeness (QED) is 0.714. The molecule has 2 fully saturated rings. The van der Waals surface area contributed by atoms with Crippen LogP contribution in [-0.4, -0.2) is 72.5 Å². The van der Waals surface area contributed by atoms with Gasteiger partial charge in [0.25, 0.3) is 0 Å². The molecule has 0 aromatic rings. The van der Waals surface area contributed by atoms with E-state index in [4.69, 9.17) is 10.2 Å². The van der Waals surface area contributed by atoms with Crippen LogP contribution in [0.25, 0.3) is 0 Å². The molecule has 0 aliphatic carbocycles. The first-order chi connectivity index (χ1) is 10.3. The van der Waals surface area contributed by atoms with E-state index >= 15 is 0 Å². The van der Waals surface area contributed by atoms with Gasteiger partial charge in [0, 0.05) is 13.1 Å². The normalized spacial score (nSPS) is 23.7. The molecule has 4 nitrogen and oxygen atoms in total.